The molecule has 0 aliphatic carbocycles. The van der Waals surface area contributed by atoms with Gasteiger partial charge in [0.05, 0.1) is 0 Å². The highest BCUT2D eigenvalue weighted by Crippen LogP contribution is 2.08. The normalized spacial score (nSPS) is 13.3. The van der Waals surface area contributed by atoms with Gasteiger partial charge >= 0.3 is 12.0 Å². The van der Waals surface area contributed by atoms with E-state index in [4.69, 9.17) is 5.11 Å². The Balaban J connectivity index is 4.56. The quantitative estimate of drug-likeness (QED) is 0.724. The number of carbonyl (C=O) groups excluding carboxylic acids is 2. The van der Waals surface area contributed by atoms with E-state index in [-0.39, 0.29) is 18.4 Å². The summed E-state index contributed by atoms with van der Waals surface area (Å²) < 4.78 is 0. The second-order valence-electron chi connectivity index (χ2n) is 4.80. The van der Waals surface area contributed by atoms with Gasteiger partial charge in [0, 0.05) is 21.1 Å². The van der Waals surface area contributed by atoms with Crippen LogP contribution < -0.4 is 5.32 Å². The number of urea groups is 1. The van der Waals surface area contributed by atoms with Crippen molar-refractivity contribution in [3.63, 3.8) is 0 Å². The van der Waals surface area contributed by atoms with Crippen molar-refractivity contribution < 1.29 is 19.5 Å². The molecule has 0 aliphatic heterocycles. The summed E-state index contributed by atoms with van der Waals surface area (Å²) in [6.45, 7) is 3.52. The maximum atomic E-state index is 11.8. The number of likely N-dealkylation sites (N-methyl/N-ethyl adjacent to an activating group) is 2. The first-order valence-corrected chi connectivity index (χ1v) is 6.15. The zero-order valence-corrected chi connectivity index (χ0v) is 12.1. The van der Waals surface area contributed by atoms with Crippen LogP contribution in [-0.2, 0) is 9.59 Å². The number of carboxylic acid groups (broad SMARTS) is 1. The molecule has 0 aromatic rings. The van der Waals surface area contributed by atoms with Crippen molar-refractivity contribution in [2.24, 2.45) is 5.92 Å². The molecule has 2 unspecified atom stereocenters. The van der Waals surface area contributed by atoms with Crippen LogP contribution in [0.15, 0.2) is 0 Å². The summed E-state index contributed by atoms with van der Waals surface area (Å²) >= 11 is 0. The van der Waals surface area contributed by atoms with Gasteiger partial charge in [-0.1, -0.05) is 20.3 Å². The third kappa shape index (κ3) is 5.58. The molecule has 110 valence electrons. The average Bonchev–Trinajstić information content (AvgIpc) is 2.33. The molecule has 3 amide bonds. The monoisotopic (exact) mass is 273 g/mol. The third-order valence-corrected chi connectivity index (χ3v) is 2.98. The molecule has 7 heteroatoms. The predicted molar refractivity (Wildman–Crippen MR) is 70.7 cm³/mol. The van der Waals surface area contributed by atoms with Gasteiger partial charge < -0.3 is 20.2 Å². The zero-order valence-electron chi connectivity index (χ0n) is 12.1. The molecule has 19 heavy (non-hydrogen) atoms. The molecule has 0 spiro atoms. The summed E-state index contributed by atoms with van der Waals surface area (Å²) in [6.07, 6.45) is 0.636. The predicted octanol–water partition coefficient (Wildman–Crippen LogP) is 0.215. The molecule has 0 bridgehead atoms. The van der Waals surface area contributed by atoms with Crippen molar-refractivity contribution in [2.75, 3.05) is 27.7 Å². The number of hydrogen-bond acceptors (Lipinski definition) is 3. The Labute approximate surface area is 113 Å². The first kappa shape index (κ1) is 17.2. The molecular weight excluding hydrogens is 250 g/mol. The van der Waals surface area contributed by atoms with Crippen LogP contribution in [0.5, 0.6) is 0 Å². The summed E-state index contributed by atoms with van der Waals surface area (Å²) in [6, 6.07) is -1.52. The van der Waals surface area contributed by atoms with Gasteiger partial charge in [-0.2, -0.15) is 0 Å². The molecule has 0 rings (SSSR count). The lowest BCUT2D eigenvalue weighted by Gasteiger charge is -2.24. The maximum Gasteiger partial charge on any atom is 0.326 e. The lowest BCUT2D eigenvalue weighted by molar-refractivity contribution is -0.140. The minimum absolute atomic E-state index is 0.0916. The SMILES string of the molecule is CCC(C)C(NC(=O)N(C)CC(=O)N(C)C)C(=O)O. The Morgan fingerprint density at radius 3 is 2.11 bits per heavy atom. The summed E-state index contributed by atoms with van der Waals surface area (Å²) in [5.74, 6) is -1.48. The van der Waals surface area contributed by atoms with E-state index in [0.717, 1.165) is 0 Å². The Morgan fingerprint density at radius 2 is 1.74 bits per heavy atom. The van der Waals surface area contributed by atoms with Crippen molar-refractivity contribution in [3.8, 4) is 0 Å². The van der Waals surface area contributed by atoms with E-state index in [0.29, 0.717) is 6.42 Å². The minimum atomic E-state index is -1.07. The van der Waals surface area contributed by atoms with Gasteiger partial charge in [0.2, 0.25) is 5.91 Å². The summed E-state index contributed by atoms with van der Waals surface area (Å²) in [5, 5.41) is 11.5. The molecule has 0 heterocycles. The summed E-state index contributed by atoms with van der Waals surface area (Å²) in [5.41, 5.74) is 0. The van der Waals surface area contributed by atoms with E-state index < -0.39 is 18.0 Å². The van der Waals surface area contributed by atoms with Gasteiger partial charge in [0.15, 0.2) is 0 Å². The second-order valence-corrected chi connectivity index (χ2v) is 4.80. The Bertz CT molecular complexity index is 344. The van der Waals surface area contributed by atoms with Crippen LogP contribution in [0, 0.1) is 5.92 Å². The lowest BCUT2D eigenvalue weighted by atomic mass is 9.99. The van der Waals surface area contributed by atoms with Crippen LogP contribution in [0.2, 0.25) is 0 Å². The van der Waals surface area contributed by atoms with Gasteiger partial charge in [-0.3, -0.25) is 4.79 Å². The van der Waals surface area contributed by atoms with E-state index in [1.807, 2.05) is 6.92 Å². The molecule has 7 nitrogen and oxygen atoms in total. The zero-order chi connectivity index (χ0) is 15.2. The van der Waals surface area contributed by atoms with Crippen molar-refractivity contribution in [1.29, 1.82) is 0 Å². The maximum absolute atomic E-state index is 11.8. The van der Waals surface area contributed by atoms with Crippen LogP contribution in [0.4, 0.5) is 4.79 Å². The van der Waals surface area contributed by atoms with E-state index in [9.17, 15) is 14.4 Å². The lowest BCUT2D eigenvalue weighted by Crippen LogP contribution is -2.51. The third-order valence-electron chi connectivity index (χ3n) is 2.98. The van der Waals surface area contributed by atoms with Crippen LogP contribution in [-0.4, -0.2) is 66.5 Å². The number of nitrogens with one attached hydrogen (secondary N) is 1. The van der Waals surface area contributed by atoms with Crippen LogP contribution in [0.3, 0.4) is 0 Å². The van der Waals surface area contributed by atoms with Gasteiger partial charge in [-0.15, -0.1) is 0 Å². The smallest absolute Gasteiger partial charge is 0.326 e. The molecule has 2 atom stereocenters. The average molecular weight is 273 g/mol. The topological polar surface area (TPSA) is 90.0 Å². The Morgan fingerprint density at radius 1 is 1.21 bits per heavy atom. The largest absolute Gasteiger partial charge is 0.480 e. The molecule has 0 radical (unpaired) electrons. The number of carboxylic acids is 1. The molecule has 2 N–H and O–H groups in total. The van der Waals surface area contributed by atoms with Crippen molar-refractivity contribution in [3.05, 3.63) is 0 Å². The van der Waals surface area contributed by atoms with E-state index >= 15 is 0 Å². The fraction of sp³-hybridized carbons (Fsp3) is 0.750. The molecule has 0 saturated heterocycles. The number of amides is 3. The molecule has 0 aromatic heterocycles. The van der Waals surface area contributed by atoms with Crippen molar-refractivity contribution in [1.82, 2.24) is 15.1 Å². The molecule has 0 aromatic carbocycles. The number of hydrogen-bond donors (Lipinski definition) is 2. The fourth-order valence-electron chi connectivity index (χ4n) is 1.34. The highest BCUT2D eigenvalue weighted by atomic mass is 16.4. The van der Waals surface area contributed by atoms with Gasteiger partial charge in [-0.25, -0.2) is 9.59 Å². The van der Waals surface area contributed by atoms with Crippen molar-refractivity contribution >= 4 is 17.9 Å². The number of carbonyl (C=O) groups is 3. The van der Waals surface area contributed by atoms with Gasteiger partial charge in [0.25, 0.3) is 0 Å². The Hall–Kier alpha value is -1.79. The number of rotatable bonds is 6. The number of nitrogens with zero attached hydrogens (tertiary/aromatic N) is 2. The van der Waals surface area contributed by atoms with E-state index in [1.165, 1.54) is 16.8 Å². The number of aliphatic carboxylic acids is 1. The van der Waals surface area contributed by atoms with Crippen LogP contribution in [0.25, 0.3) is 0 Å². The second kappa shape index (κ2) is 7.60. The van der Waals surface area contributed by atoms with Gasteiger partial charge in [-0.05, 0) is 5.92 Å². The molecule has 0 fully saturated rings. The minimum Gasteiger partial charge on any atom is -0.480 e. The Kier molecular flexibility index (Phi) is 6.89. The fourth-order valence-corrected chi connectivity index (χ4v) is 1.34. The van der Waals surface area contributed by atoms with Crippen molar-refractivity contribution in [2.45, 2.75) is 26.3 Å². The summed E-state index contributed by atoms with van der Waals surface area (Å²) in [7, 11) is 4.63. The standard InChI is InChI=1S/C12H23N3O4/c1-6-8(2)10(11(17)18)13-12(19)15(5)7-9(16)14(3)4/h8,10H,6-7H2,1-5H3,(H,13,19)(H,17,18). The highest BCUT2D eigenvalue weighted by Gasteiger charge is 2.27. The van der Waals surface area contributed by atoms with Crippen LogP contribution >= 0.6 is 0 Å². The molecule has 0 aliphatic rings. The highest BCUT2D eigenvalue weighted by molar-refractivity contribution is 5.86. The first-order valence-electron chi connectivity index (χ1n) is 6.15. The summed E-state index contributed by atoms with van der Waals surface area (Å²) in [4.78, 5) is 36.9. The van der Waals surface area contributed by atoms with E-state index in [2.05, 4.69) is 5.32 Å². The van der Waals surface area contributed by atoms with Crippen LogP contribution in [0.1, 0.15) is 20.3 Å². The van der Waals surface area contributed by atoms with Gasteiger partial charge in [0.1, 0.15) is 12.6 Å². The molecule has 0 saturated carbocycles. The van der Waals surface area contributed by atoms with E-state index in [1.54, 1.807) is 21.0 Å². The first-order chi connectivity index (χ1) is 8.70. The molecular formula is C12H23N3O4.